The first-order valence-electron chi connectivity index (χ1n) is 14.5. The van der Waals surface area contributed by atoms with Crippen LogP contribution in [0.15, 0.2) is 89.3 Å². The summed E-state index contributed by atoms with van der Waals surface area (Å²) in [5.41, 5.74) is 3.53. The highest BCUT2D eigenvalue weighted by Gasteiger charge is 2.24. The predicted molar refractivity (Wildman–Crippen MR) is 167 cm³/mol. The Morgan fingerprint density at radius 1 is 0.837 bits per heavy atom. The average molecular weight is 584 g/mol. The van der Waals surface area contributed by atoms with Gasteiger partial charge in [0, 0.05) is 23.7 Å². The van der Waals surface area contributed by atoms with E-state index < -0.39 is 12.1 Å². The maximum atomic E-state index is 13.5. The molecule has 0 aliphatic carbocycles. The van der Waals surface area contributed by atoms with Crippen LogP contribution in [0.25, 0.3) is 0 Å². The van der Waals surface area contributed by atoms with Crippen molar-refractivity contribution in [1.82, 2.24) is 16.0 Å². The van der Waals surface area contributed by atoms with Crippen LogP contribution in [0.1, 0.15) is 74.9 Å². The summed E-state index contributed by atoms with van der Waals surface area (Å²) in [6.45, 7) is 7.82. The zero-order valence-corrected chi connectivity index (χ0v) is 25.4. The number of carbonyl (C=O) groups excluding carboxylic acids is 2. The number of ether oxygens (including phenoxy) is 1. The van der Waals surface area contributed by atoms with Gasteiger partial charge in [0.25, 0.3) is 11.8 Å². The molecule has 0 saturated carbocycles. The summed E-state index contributed by atoms with van der Waals surface area (Å²) in [6, 6.07) is 25.3. The lowest BCUT2D eigenvalue weighted by atomic mass is 9.99. The number of methoxy groups -OCH3 is 1. The molecule has 0 saturated heterocycles. The van der Waals surface area contributed by atoms with Gasteiger partial charge < -0.3 is 30.2 Å². The predicted octanol–water partition coefficient (Wildman–Crippen LogP) is 5.45. The fourth-order valence-electron chi connectivity index (χ4n) is 4.94. The number of furan rings is 1. The van der Waals surface area contributed by atoms with Gasteiger partial charge in [-0.1, -0.05) is 42.5 Å². The molecule has 8 heteroatoms. The molecular weight excluding hydrogens is 542 g/mol. The molecule has 1 heterocycles. The van der Waals surface area contributed by atoms with Gasteiger partial charge in [-0.2, -0.15) is 0 Å². The second-order valence-corrected chi connectivity index (χ2v) is 11.0. The van der Waals surface area contributed by atoms with E-state index in [9.17, 15) is 14.7 Å². The highest BCUT2D eigenvalue weighted by molar-refractivity contribution is 6.00. The van der Waals surface area contributed by atoms with Gasteiger partial charge in [0.2, 0.25) is 0 Å². The monoisotopic (exact) mass is 583 g/mol. The SMILES string of the molecule is COc1ccc([C@@H](C)NC[C@@H](O)[C@H](Cc2ccccc2)NC(=O)c2cc(C)cc(C(=O)NC(C)c3ccc(C)o3)c2)cc1. The number of hydrogen-bond acceptors (Lipinski definition) is 6. The fraction of sp³-hybridized carbons (Fsp3) is 0.314. The summed E-state index contributed by atoms with van der Waals surface area (Å²) in [4.78, 5) is 26.6. The van der Waals surface area contributed by atoms with Gasteiger partial charge in [-0.05, 0) is 93.3 Å². The minimum absolute atomic E-state index is 0.0287. The molecular formula is C35H41N3O5. The molecule has 0 fully saturated rings. The quantitative estimate of drug-likeness (QED) is 0.167. The molecule has 0 aliphatic rings. The van der Waals surface area contributed by atoms with Gasteiger partial charge >= 0.3 is 0 Å². The number of aliphatic hydroxyl groups is 1. The van der Waals surface area contributed by atoms with Crippen molar-refractivity contribution in [3.05, 3.63) is 124 Å². The van der Waals surface area contributed by atoms with Gasteiger partial charge in [-0.15, -0.1) is 0 Å². The van der Waals surface area contributed by atoms with Gasteiger partial charge in [0.05, 0.1) is 25.3 Å². The van der Waals surface area contributed by atoms with Gasteiger partial charge in [-0.25, -0.2) is 0 Å². The van der Waals surface area contributed by atoms with Crippen LogP contribution in [0.2, 0.25) is 0 Å². The third-order valence-electron chi connectivity index (χ3n) is 7.47. The van der Waals surface area contributed by atoms with Gasteiger partial charge in [0.1, 0.15) is 17.3 Å². The second kappa shape index (κ2) is 14.7. The minimum atomic E-state index is -0.880. The number of aryl methyl sites for hydroxylation is 2. The Morgan fingerprint density at radius 2 is 1.49 bits per heavy atom. The van der Waals surface area contributed by atoms with Crippen molar-refractivity contribution in [3.63, 3.8) is 0 Å². The smallest absolute Gasteiger partial charge is 0.251 e. The molecule has 2 amide bonds. The van der Waals surface area contributed by atoms with Crippen LogP contribution in [-0.4, -0.2) is 42.7 Å². The Morgan fingerprint density at radius 3 is 2.09 bits per heavy atom. The van der Waals surface area contributed by atoms with Gasteiger partial charge in [0.15, 0.2) is 0 Å². The summed E-state index contributed by atoms with van der Waals surface area (Å²) in [7, 11) is 1.63. The van der Waals surface area contributed by atoms with E-state index in [1.54, 1.807) is 25.3 Å². The first-order chi connectivity index (χ1) is 20.6. The standard InChI is InChI=1S/C35H41N3O5/c1-22-17-28(34(40)37-25(4)33-16-11-23(2)43-33)20-29(18-22)35(41)38-31(19-26-9-7-6-8-10-26)32(39)21-36-24(3)27-12-14-30(42-5)15-13-27/h6-18,20,24-25,31-32,36,39H,19,21H2,1-5H3,(H,37,40)(H,38,41)/t24-,25?,31+,32-/m1/s1. The van der Waals surface area contributed by atoms with Gasteiger partial charge in [-0.3, -0.25) is 9.59 Å². The summed E-state index contributed by atoms with van der Waals surface area (Å²) in [6.07, 6.45) is -0.444. The summed E-state index contributed by atoms with van der Waals surface area (Å²) in [5, 5.41) is 20.6. The lowest BCUT2D eigenvalue weighted by molar-refractivity contribution is 0.0825. The van der Waals surface area contributed by atoms with Crippen molar-refractivity contribution in [3.8, 4) is 5.75 Å². The number of nitrogens with one attached hydrogen (secondary N) is 3. The van der Waals surface area contributed by atoms with E-state index in [1.165, 1.54) is 0 Å². The third-order valence-corrected chi connectivity index (χ3v) is 7.47. The third kappa shape index (κ3) is 8.80. The Kier molecular flexibility index (Phi) is 10.8. The van der Waals surface area contributed by atoms with Crippen molar-refractivity contribution in [2.45, 2.75) is 58.3 Å². The van der Waals surface area contributed by atoms with Crippen molar-refractivity contribution >= 4 is 11.8 Å². The zero-order chi connectivity index (χ0) is 30.9. The van der Waals surface area contributed by atoms with Crippen LogP contribution >= 0.6 is 0 Å². The maximum Gasteiger partial charge on any atom is 0.251 e. The number of hydrogen-bond donors (Lipinski definition) is 4. The number of aliphatic hydroxyl groups excluding tert-OH is 1. The molecule has 3 aromatic carbocycles. The molecule has 0 aliphatic heterocycles. The average Bonchev–Trinajstić information content (AvgIpc) is 3.45. The van der Waals surface area contributed by atoms with Crippen molar-refractivity contribution in [1.29, 1.82) is 0 Å². The topological polar surface area (TPSA) is 113 Å². The minimum Gasteiger partial charge on any atom is -0.497 e. The van der Waals surface area contributed by atoms with Crippen LogP contribution in [0.3, 0.4) is 0 Å². The lowest BCUT2D eigenvalue weighted by Crippen LogP contribution is -2.49. The molecule has 0 spiro atoms. The number of carbonyl (C=O) groups is 2. The Balaban J connectivity index is 1.46. The van der Waals surface area contributed by atoms with E-state index in [4.69, 9.17) is 9.15 Å². The summed E-state index contributed by atoms with van der Waals surface area (Å²) < 4.78 is 10.9. The van der Waals surface area contributed by atoms with E-state index in [0.29, 0.717) is 23.3 Å². The largest absolute Gasteiger partial charge is 0.497 e. The fourth-order valence-corrected chi connectivity index (χ4v) is 4.94. The molecule has 0 bridgehead atoms. The van der Waals surface area contributed by atoms with Crippen molar-refractivity contribution < 1.29 is 23.8 Å². The highest BCUT2D eigenvalue weighted by Crippen LogP contribution is 2.19. The van der Waals surface area contributed by atoms with Crippen LogP contribution in [0.4, 0.5) is 0 Å². The van der Waals surface area contributed by atoms with E-state index in [1.807, 2.05) is 94.4 Å². The van der Waals surface area contributed by atoms with E-state index in [0.717, 1.165) is 28.2 Å². The maximum absolute atomic E-state index is 13.5. The Labute approximate surface area is 253 Å². The van der Waals surface area contributed by atoms with Crippen molar-refractivity contribution in [2.75, 3.05) is 13.7 Å². The normalized spacial score (nSPS) is 13.9. The summed E-state index contributed by atoms with van der Waals surface area (Å²) in [5.74, 6) is 1.53. The van der Waals surface area contributed by atoms with Crippen LogP contribution in [0.5, 0.6) is 5.75 Å². The second-order valence-electron chi connectivity index (χ2n) is 11.0. The van der Waals surface area contributed by atoms with Crippen LogP contribution in [0, 0.1) is 13.8 Å². The Hall–Kier alpha value is -4.40. The lowest BCUT2D eigenvalue weighted by Gasteiger charge is -2.26. The van der Waals surface area contributed by atoms with E-state index >= 15 is 0 Å². The first-order valence-corrected chi connectivity index (χ1v) is 14.5. The van der Waals surface area contributed by atoms with E-state index in [-0.39, 0.29) is 30.4 Å². The van der Waals surface area contributed by atoms with Crippen LogP contribution < -0.4 is 20.7 Å². The first kappa shape index (κ1) is 31.5. The molecule has 226 valence electrons. The number of amides is 2. The number of rotatable bonds is 13. The summed E-state index contributed by atoms with van der Waals surface area (Å²) >= 11 is 0. The molecule has 8 nitrogen and oxygen atoms in total. The van der Waals surface area contributed by atoms with Crippen molar-refractivity contribution in [2.24, 2.45) is 0 Å². The molecule has 0 radical (unpaired) electrons. The molecule has 4 N–H and O–H groups in total. The molecule has 4 rings (SSSR count). The molecule has 1 aromatic heterocycles. The molecule has 43 heavy (non-hydrogen) atoms. The highest BCUT2D eigenvalue weighted by atomic mass is 16.5. The molecule has 4 aromatic rings. The van der Waals surface area contributed by atoms with Crippen LogP contribution in [-0.2, 0) is 6.42 Å². The molecule has 4 atom stereocenters. The molecule has 1 unspecified atom stereocenters. The number of benzene rings is 3. The zero-order valence-electron chi connectivity index (χ0n) is 25.4. The van der Waals surface area contributed by atoms with E-state index in [2.05, 4.69) is 16.0 Å². The Bertz CT molecular complexity index is 1500.